The van der Waals surface area contributed by atoms with E-state index in [1.807, 2.05) is 5.32 Å². The van der Waals surface area contributed by atoms with Crippen LogP contribution in [0.5, 0.6) is 0 Å². The number of rotatable bonds is 15. The fraction of sp³-hybridized carbons (Fsp3) is 0.526. The van der Waals surface area contributed by atoms with E-state index < -0.39 is 72.3 Å². The molecule has 35 heavy (non-hydrogen) atoms. The first-order chi connectivity index (χ1) is 16.3. The Morgan fingerprint density at radius 1 is 1.03 bits per heavy atom. The third-order valence-corrected chi connectivity index (χ3v) is 4.70. The number of aliphatic hydroxyl groups is 1. The Labute approximate surface area is 198 Å². The smallest absolute Gasteiger partial charge is 0.326 e. The Balaban J connectivity index is 2.95. The average molecular weight is 499 g/mol. The number of nitrogens with one attached hydrogen (secondary N) is 4. The van der Waals surface area contributed by atoms with Gasteiger partial charge in [-0.25, -0.2) is 9.78 Å². The van der Waals surface area contributed by atoms with Crippen LogP contribution in [0.1, 0.15) is 31.9 Å². The molecule has 0 bridgehead atoms. The van der Waals surface area contributed by atoms with Gasteiger partial charge in [0.05, 0.1) is 24.9 Å². The number of amides is 4. The molecule has 1 aromatic heterocycles. The van der Waals surface area contributed by atoms with Crippen molar-refractivity contribution >= 4 is 35.6 Å². The Morgan fingerprint density at radius 2 is 1.66 bits per heavy atom. The van der Waals surface area contributed by atoms with Crippen molar-refractivity contribution in [3.63, 3.8) is 0 Å². The van der Waals surface area contributed by atoms with Gasteiger partial charge in [-0.2, -0.15) is 0 Å². The van der Waals surface area contributed by atoms with Crippen LogP contribution in [0.25, 0.3) is 0 Å². The van der Waals surface area contributed by atoms with Gasteiger partial charge in [-0.3, -0.25) is 24.0 Å². The maximum absolute atomic E-state index is 12.8. The van der Waals surface area contributed by atoms with Crippen LogP contribution in [0.4, 0.5) is 0 Å². The van der Waals surface area contributed by atoms with Crippen LogP contribution in [0.3, 0.4) is 0 Å². The Kier molecular flexibility index (Phi) is 11.3. The molecule has 0 spiro atoms. The van der Waals surface area contributed by atoms with Crippen molar-refractivity contribution in [2.45, 2.75) is 62.9 Å². The molecule has 0 aliphatic heterocycles. The molecule has 4 amide bonds. The van der Waals surface area contributed by atoms with Gasteiger partial charge in [-0.15, -0.1) is 0 Å². The standard InChI is InChI=1S/C19H29N7O9/c1-8(27)15(18(33)25-12(19(34)35)5-14(29)30)26-17(32)11(2-3-13(21)28)24-16(31)10(20)4-9-6-22-7-23-9/h6-8,10-12,15,27H,2-5,20H2,1H3,(H2,21,28)(H,22,23)(H,24,31)(H,25,33)(H,26,32)(H,29,30)(H,34,35). The van der Waals surface area contributed by atoms with Gasteiger partial charge in [-0.05, 0) is 13.3 Å². The fourth-order valence-electron chi connectivity index (χ4n) is 2.86. The lowest BCUT2D eigenvalue weighted by atomic mass is 10.1. The van der Waals surface area contributed by atoms with Gasteiger partial charge < -0.3 is 47.7 Å². The third-order valence-electron chi connectivity index (χ3n) is 4.70. The number of imidazole rings is 1. The van der Waals surface area contributed by atoms with E-state index in [1.165, 1.54) is 12.5 Å². The summed E-state index contributed by atoms with van der Waals surface area (Å²) in [4.78, 5) is 77.6. The number of aromatic nitrogens is 2. The molecule has 5 unspecified atom stereocenters. The molecule has 194 valence electrons. The molecule has 11 N–H and O–H groups in total. The van der Waals surface area contributed by atoms with Gasteiger partial charge in [0, 0.05) is 24.7 Å². The second kappa shape index (κ2) is 13.6. The van der Waals surface area contributed by atoms with E-state index in [2.05, 4.69) is 20.6 Å². The number of hydrogen-bond acceptors (Lipinski definition) is 9. The summed E-state index contributed by atoms with van der Waals surface area (Å²) in [5, 5.41) is 34.3. The van der Waals surface area contributed by atoms with Crippen LogP contribution in [0.15, 0.2) is 12.5 Å². The normalized spacial score (nSPS) is 15.1. The van der Waals surface area contributed by atoms with Crippen molar-refractivity contribution in [1.82, 2.24) is 25.9 Å². The number of aromatic amines is 1. The lowest BCUT2D eigenvalue weighted by molar-refractivity contribution is -0.148. The molecule has 0 aromatic carbocycles. The highest BCUT2D eigenvalue weighted by molar-refractivity contribution is 5.95. The lowest BCUT2D eigenvalue weighted by Gasteiger charge is -2.26. The van der Waals surface area contributed by atoms with Crippen LogP contribution in [-0.4, -0.2) is 91.1 Å². The summed E-state index contributed by atoms with van der Waals surface area (Å²) in [6.45, 7) is 1.12. The number of carboxylic acids is 2. The molecule has 16 nitrogen and oxygen atoms in total. The molecule has 0 fully saturated rings. The molecule has 0 saturated carbocycles. The van der Waals surface area contributed by atoms with E-state index in [9.17, 15) is 33.9 Å². The average Bonchev–Trinajstić information content (AvgIpc) is 3.26. The highest BCUT2D eigenvalue weighted by atomic mass is 16.4. The number of nitrogens with zero attached hydrogens (tertiary/aromatic N) is 1. The van der Waals surface area contributed by atoms with Crippen molar-refractivity contribution in [2.24, 2.45) is 11.5 Å². The van der Waals surface area contributed by atoms with Gasteiger partial charge in [0.1, 0.15) is 18.1 Å². The van der Waals surface area contributed by atoms with Crippen LogP contribution in [0, 0.1) is 0 Å². The summed E-state index contributed by atoms with van der Waals surface area (Å²) in [6, 6.07) is -6.05. The highest BCUT2D eigenvalue weighted by Gasteiger charge is 2.33. The van der Waals surface area contributed by atoms with E-state index in [0.29, 0.717) is 5.69 Å². The minimum Gasteiger partial charge on any atom is -0.481 e. The van der Waals surface area contributed by atoms with Crippen LogP contribution in [0.2, 0.25) is 0 Å². The zero-order chi connectivity index (χ0) is 26.7. The molecule has 1 aromatic rings. The zero-order valence-corrected chi connectivity index (χ0v) is 18.8. The lowest BCUT2D eigenvalue weighted by Crippen LogP contribution is -2.60. The van der Waals surface area contributed by atoms with Crippen molar-refractivity contribution in [3.8, 4) is 0 Å². The Morgan fingerprint density at radius 3 is 2.14 bits per heavy atom. The number of hydrogen-bond donors (Lipinski definition) is 9. The van der Waals surface area contributed by atoms with E-state index in [4.69, 9.17) is 21.7 Å². The Hall–Kier alpha value is -4.05. The van der Waals surface area contributed by atoms with Crippen LogP contribution >= 0.6 is 0 Å². The minimum absolute atomic E-state index is 0.0504. The maximum Gasteiger partial charge on any atom is 0.326 e. The second-order valence-electron chi connectivity index (χ2n) is 7.68. The van der Waals surface area contributed by atoms with Crippen molar-refractivity contribution in [1.29, 1.82) is 0 Å². The number of primary amides is 1. The largest absolute Gasteiger partial charge is 0.481 e. The number of carboxylic acid groups (broad SMARTS) is 2. The monoisotopic (exact) mass is 499 g/mol. The number of aliphatic carboxylic acids is 2. The Bertz CT molecular complexity index is 920. The molecule has 0 aliphatic rings. The van der Waals surface area contributed by atoms with Crippen molar-refractivity contribution in [3.05, 3.63) is 18.2 Å². The highest BCUT2D eigenvalue weighted by Crippen LogP contribution is 2.04. The number of H-pyrrole nitrogens is 1. The van der Waals surface area contributed by atoms with Crippen LogP contribution in [-0.2, 0) is 35.2 Å². The second-order valence-corrected chi connectivity index (χ2v) is 7.68. The maximum atomic E-state index is 12.8. The predicted molar refractivity (Wildman–Crippen MR) is 116 cm³/mol. The van der Waals surface area contributed by atoms with E-state index >= 15 is 0 Å². The topological polar surface area (TPSA) is 280 Å². The zero-order valence-electron chi connectivity index (χ0n) is 18.8. The summed E-state index contributed by atoms with van der Waals surface area (Å²) in [7, 11) is 0. The molecule has 1 rings (SSSR count). The summed E-state index contributed by atoms with van der Waals surface area (Å²) >= 11 is 0. The van der Waals surface area contributed by atoms with Gasteiger partial charge in [0.25, 0.3) is 0 Å². The molecule has 16 heteroatoms. The van der Waals surface area contributed by atoms with Crippen molar-refractivity contribution in [2.75, 3.05) is 0 Å². The van der Waals surface area contributed by atoms with Gasteiger partial charge >= 0.3 is 11.9 Å². The SMILES string of the molecule is CC(O)C(NC(=O)C(CCC(N)=O)NC(=O)C(N)Cc1cnc[nH]1)C(=O)NC(CC(=O)O)C(=O)O. The third kappa shape index (κ3) is 10.2. The quantitative estimate of drug-likeness (QED) is 0.112. The molecule has 1 heterocycles. The summed E-state index contributed by atoms with van der Waals surface area (Å²) < 4.78 is 0. The molecule has 0 aliphatic carbocycles. The number of aliphatic hydroxyl groups excluding tert-OH is 1. The molecule has 0 saturated heterocycles. The van der Waals surface area contributed by atoms with E-state index in [1.54, 1.807) is 0 Å². The number of carbonyl (C=O) groups is 6. The molecule has 5 atom stereocenters. The first kappa shape index (κ1) is 29.0. The van der Waals surface area contributed by atoms with Crippen molar-refractivity contribution < 1.29 is 44.1 Å². The van der Waals surface area contributed by atoms with Crippen LogP contribution < -0.4 is 27.4 Å². The minimum atomic E-state index is -1.83. The molecular formula is C19H29N7O9. The van der Waals surface area contributed by atoms with E-state index in [0.717, 1.165) is 6.92 Å². The predicted octanol–water partition coefficient (Wildman–Crippen LogP) is -4.06. The summed E-state index contributed by atoms with van der Waals surface area (Å²) in [5.41, 5.74) is 11.5. The fourth-order valence-corrected chi connectivity index (χ4v) is 2.86. The first-order valence-electron chi connectivity index (χ1n) is 10.4. The van der Waals surface area contributed by atoms with Gasteiger partial charge in [0.15, 0.2) is 0 Å². The molecular weight excluding hydrogens is 470 g/mol. The number of carbonyl (C=O) groups excluding carboxylic acids is 4. The summed E-state index contributed by atoms with van der Waals surface area (Å²) in [6.07, 6.45) is -0.204. The van der Waals surface area contributed by atoms with Gasteiger partial charge in [-0.1, -0.05) is 0 Å². The van der Waals surface area contributed by atoms with Gasteiger partial charge in [0.2, 0.25) is 23.6 Å². The summed E-state index contributed by atoms with van der Waals surface area (Å²) in [5.74, 6) is -6.88. The number of nitrogens with two attached hydrogens (primary N) is 2. The molecule has 0 radical (unpaired) electrons. The first-order valence-corrected chi connectivity index (χ1v) is 10.4. The van der Waals surface area contributed by atoms with E-state index in [-0.39, 0.29) is 19.3 Å².